The molecule has 2 heterocycles. The van der Waals surface area contributed by atoms with Crippen molar-refractivity contribution in [2.24, 2.45) is 5.73 Å². The molecule has 24 heavy (non-hydrogen) atoms. The van der Waals surface area contributed by atoms with Crippen LogP contribution in [0.1, 0.15) is 50.1 Å². The zero-order valence-electron chi connectivity index (χ0n) is 14.1. The zero-order valence-corrected chi connectivity index (χ0v) is 14.1. The molecule has 2 saturated carbocycles. The molecule has 0 unspecified atom stereocenters. The van der Waals surface area contributed by atoms with E-state index >= 15 is 0 Å². The lowest BCUT2D eigenvalue weighted by molar-refractivity contribution is 0.382. The highest BCUT2D eigenvalue weighted by Gasteiger charge is 2.26. The molecule has 0 saturated heterocycles. The van der Waals surface area contributed by atoms with Crippen molar-refractivity contribution in [2.75, 3.05) is 17.3 Å². The lowest BCUT2D eigenvalue weighted by atomic mass is 9.91. The predicted molar refractivity (Wildman–Crippen MR) is 94.5 cm³/mol. The van der Waals surface area contributed by atoms with Crippen molar-refractivity contribution in [3.63, 3.8) is 0 Å². The lowest BCUT2D eigenvalue weighted by Crippen LogP contribution is -2.39. The van der Waals surface area contributed by atoms with Crippen LogP contribution >= 0.6 is 0 Å². The SMILES string of the molecule is CN(c1nccc(Nc2cc(C3CC3)[nH]n2)n1)[C@H]1CC[C@H](N)CC1. The quantitative estimate of drug-likeness (QED) is 0.781. The first-order chi connectivity index (χ1) is 11.7. The van der Waals surface area contributed by atoms with E-state index in [0.29, 0.717) is 18.0 Å². The summed E-state index contributed by atoms with van der Waals surface area (Å²) >= 11 is 0. The summed E-state index contributed by atoms with van der Waals surface area (Å²) in [4.78, 5) is 11.3. The molecule has 2 fully saturated rings. The van der Waals surface area contributed by atoms with Crippen LogP contribution in [0.15, 0.2) is 18.3 Å². The number of hydrogen-bond donors (Lipinski definition) is 3. The van der Waals surface area contributed by atoms with Gasteiger partial charge in [-0.25, -0.2) is 4.98 Å². The number of hydrogen-bond acceptors (Lipinski definition) is 6. The van der Waals surface area contributed by atoms with Gasteiger partial charge in [0.2, 0.25) is 5.95 Å². The first-order valence-corrected chi connectivity index (χ1v) is 8.83. The van der Waals surface area contributed by atoms with Gasteiger partial charge < -0.3 is 16.0 Å². The number of rotatable bonds is 5. The van der Waals surface area contributed by atoms with Crippen LogP contribution < -0.4 is 16.0 Å². The monoisotopic (exact) mass is 327 g/mol. The molecular formula is C17H25N7. The van der Waals surface area contributed by atoms with Crippen LogP contribution in [0.4, 0.5) is 17.6 Å². The largest absolute Gasteiger partial charge is 0.341 e. The van der Waals surface area contributed by atoms with E-state index in [9.17, 15) is 0 Å². The van der Waals surface area contributed by atoms with Gasteiger partial charge in [0.15, 0.2) is 5.82 Å². The topological polar surface area (TPSA) is 95.8 Å². The van der Waals surface area contributed by atoms with E-state index in [1.807, 2.05) is 6.07 Å². The van der Waals surface area contributed by atoms with E-state index in [-0.39, 0.29) is 0 Å². The van der Waals surface area contributed by atoms with E-state index in [4.69, 9.17) is 5.73 Å². The highest BCUT2D eigenvalue weighted by atomic mass is 15.3. The molecule has 2 aliphatic rings. The summed E-state index contributed by atoms with van der Waals surface area (Å²) in [6.45, 7) is 0. The molecule has 4 N–H and O–H groups in total. The third-order valence-corrected chi connectivity index (χ3v) is 5.12. The Bertz CT molecular complexity index is 686. The maximum atomic E-state index is 6.00. The lowest BCUT2D eigenvalue weighted by Gasteiger charge is -2.33. The van der Waals surface area contributed by atoms with E-state index in [1.165, 1.54) is 18.5 Å². The van der Waals surface area contributed by atoms with E-state index in [2.05, 4.69) is 43.5 Å². The van der Waals surface area contributed by atoms with Crippen LogP contribution in [-0.4, -0.2) is 39.3 Å². The second-order valence-electron chi connectivity index (χ2n) is 7.03. The Morgan fingerprint density at radius 1 is 1.17 bits per heavy atom. The zero-order chi connectivity index (χ0) is 16.5. The minimum Gasteiger partial charge on any atom is -0.341 e. The fourth-order valence-corrected chi connectivity index (χ4v) is 3.38. The number of aromatic nitrogens is 4. The minimum absolute atomic E-state index is 0.351. The van der Waals surface area contributed by atoms with Gasteiger partial charge in [-0.2, -0.15) is 10.1 Å². The van der Waals surface area contributed by atoms with Gasteiger partial charge in [0.05, 0.1) is 0 Å². The Morgan fingerprint density at radius 3 is 2.71 bits per heavy atom. The fraction of sp³-hybridized carbons (Fsp3) is 0.588. The van der Waals surface area contributed by atoms with Crippen molar-refractivity contribution in [3.8, 4) is 0 Å². The highest BCUT2D eigenvalue weighted by Crippen LogP contribution is 2.39. The molecule has 128 valence electrons. The molecular weight excluding hydrogens is 302 g/mol. The first-order valence-electron chi connectivity index (χ1n) is 8.83. The van der Waals surface area contributed by atoms with Crippen LogP contribution in [0.25, 0.3) is 0 Å². The number of anilines is 3. The van der Waals surface area contributed by atoms with Gasteiger partial charge >= 0.3 is 0 Å². The molecule has 0 amide bonds. The maximum Gasteiger partial charge on any atom is 0.227 e. The molecule has 2 aromatic heterocycles. The third-order valence-electron chi connectivity index (χ3n) is 5.12. The molecule has 0 aliphatic heterocycles. The van der Waals surface area contributed by atoms with Crippen molar-refractivity contribution >= 4 is 17.6 Å². The first kappa shape index (κ1) is 15.4. The summed E-state index contributed by atoms with van der Waals surface area (Å²) in [7, 11) is 2.07. The molecule has 7 nitrogen and oxygen atoms in total. The molecule has 4 rings (SSSR count). The molecule has 7 heteroatoms. The van der Waals surface area contributed by atoms with E-state index in [0.717, 1.165) is 43.3 Å². The van der Waals surface area contributed by atoms with Crippen LogP contribution in [0, 0.1) is 0 Å². The molecule has 0 aromatic carbocycles. The fourth-order valence-electron chi connectivity index (χ4n) is 3.38. The van der Waals surface area contributed by atoms with Crippen LogP contribution in [0.5, 0.6) is 0 Å². The van der Waals surface area contributed by atoms with Crippen molar-refractivity contribution < 1.29 is 0 Å². The van der Waals surface area contributed by atoms with Gasteiger partial charge in [0.1, 0.15) is 5.82 Å². The summed E-state index contributed by atoms with van der Waals surface area (Å²) in [5.74, 6) is 3.00. The Labute approximate surface area is 142 Å². The summed E-state index contributed by atoms with van der Waals surface area (Å²) < 4.78 is 0. The average Bonchev–Trinajstić information content (AvgIpc) is 3.35. The molecule has 0 bridgehead atoms. The standard InChI is InChI=1S/C17H25N7/c1-24(13-6-4-12(18)5-7-13)17-19-9-8-15(21-17)20-16-10-14(22-23-16)11-2-3-11/h8-13H,2-7,18H2,1H3,(H2,19,20,21,22,23)/t12-,13-. The number of nitrogens with one attached hydrogen (secondary N) is 2. The van der Waals surface area contributed by atoms with Gasteiger partial charge in [-0.1, -0.05) is 0 Å². The summed E-state index contributed by atoms with van der Waals surface area (Å²) in [5, 5.41) is 10.7. The predicted octanol–water partition coefficient (Wildman–Crippen LogP) is 2.53. The van der Waals surface area contributed by atoms with Crippen molar-refractivity contribution in [3.05, 3.63) is 24.0 Å². The Balaban J connectivity index is 1.44. The van der Waals surface area contributed by atoms with Crippen LogP contribution in [0.3, 0.4) is 0 Å². The second kappa shape index (κ2) is 6.39. The number of aromatic amines is 1. The summed E-state index contributed by atoms with van der Waals surface area (Å²) in [6, 6.07) is 4.77. The van der Waals surface area contributed by atoms with Crippen molar-refractivity contribution in [1.82, 2.24) is 20.2 Å². The molecule has 0 radical (unpaired) electrons. The smallest absolute Gasteiger partial charge is 0.227 e. The molecule has 0 atom stereocenters. The van der Waals surface area contributed by atoms with Gasteiger partial charge in [-0.05, 0) is 44.6 Å². The number of nitrogens with two attached hydrogens (primary N) is 1. The van der Waals surface area contributed by atoms with Gasteiger partial charge in [-0.3, -0.25) is 5.10 Å². The maximum absolute atomic E-state index is 6.00. The van der Waals surface area contributed by atoms with E-state index in [1.54, 1.807) is 6.20 Å². The van der Waals surface area contributed by atoms with Gasteiger partial charge in [0, 0.05) is 43.0 Å². The Morgan fingerprint density at radius 2 is 1.96 bits per heavy atom. The van der Waals surface area contributed by atoms with Gasteiger partial charge in [0.25, 0.3) is 0 Å². The molecule has 0 spiro atoms. The molecule has 2 aliphatic carbocycles. The highest BCUT2D eigenvalue weighted by molar-refractivity contribution is 5.53. The number of H-pyrrole nitrogens is 1. The van der Waals surface area contributed by atoms with Crippen molar-refractivity contribution in [2.45, 2.75) is 56.5 Å². The Kier molecular flexibility index (Phi) is 4.10. The third kappa shape index (κ3) is 3.36. The minimum atomic E-state index is 0.351. The van der Waals surface area contributed by atoms with E-state index < -0.39 is 0 Å². The second-order valence-corrected chi connectivity index (χ2v) is 7.03. The van der Waals surface area contributed by atoms with Gasteiger partial charge in [-0.15, -0.1) is 0 Å². The Hall–Kier alpha value is -2.15. The van der Waals surface area contributed by atoms with Crippen LogP contribution in [-0.2, 0) is 0 Å². The average molecular weight is 327 g/mol. The van der Waals surface area contributed by atoms with Crippen molar-refractivity contribution in [1.29, 1.82) is 0 Å². The normalized spacial score (nSPS) is 23.9. The number of nitrogens with zero attached hydrogens (tertiary/aromatic N) is 4. The summed E-state index contributed by atoms with van der Waals surface area (Å²) in [5.41, 5.74) is 7.21. The summed E-state index contributed by atoms with van der Waals surface area (Å²) in [6.07, 6.45) is 8.66. The molecule has 2 aromatic rings. The van der Waals surface area contributed by atoms with Crippen LogP contribution in [0.2, 0.25) is 0 Å².